The Hall–Kier alpha value is -2.22. The van der Waals surface area contributed by atoms with Crippen molar-refractivity contribution in [3.05, 3.63) is 72.0 Å². The normalized spacial score (nSPS) is 14.4. The Balaban J connectivity index is 2.22. The molecule has 0 atom stereocenters. The Bertz CT molecular complexity index is 623. The van der Waals surface area contributed by atoms with E-state index < -0.39 is 0 Å². The van der Waals surface area contributed by atoms with Crippen molar-refractivity contribution in [1.82, 2.24) is 0 Å². The minimum Gasteiger partial charge on any atom is -0.493 e. The second-order valence-corrected chi connectivity index (χ2v) is 5.35. The molecule has 0 unspecified atom stereocenters. The molecule has 2 heteroatoms. The molecule has 0 amide bonds. The summed E-state index contributed by atoms with van der Waals surface area (Å²) in [6.07, 6.45) is 12.5. The quantitative estimate of drug-likeness (QED) is 0.682. The van der Waals surface area contributed by atoms with Gasteiger partial charge in [0.15, 0.2) is 0 Å². The average molecular weight is 295 g/mol. The van der Waals surface area contributed by atoms with Crippen LogP contribution < -0.4 is 9.64 Å². The zero-order chi connectivity index (χ0) is 15.9. The Labute approximate surface area is 134 Å². The van der Waals surface area contributed by atoms with Crippen molar-refractivity contribution in [2.24, 2.45) is 0 Å². The van der Waals surface area contributed by atoms with Gasteiger partial charge in [-0.1, -0.05) is 43.9 Å². The van der Waals surface area contributed by atoms with Crippen LogP contribution in [0.4, 0.5) is 5.69 Å². The molecule has 0 saturated heterocycles. The van der Waals surface area contributed by atoms with E-state index in [4.69, 9.17) is 4.74 Å². The van der Waals surface area contributed by atoms with Crippen LogP contribution in [-0.2, 0) is 6.42 Å². The number of likely N-dealkylation sites (N-methyl/N-ethyl adjacent to an activating group) is 1. The van der Waals surface area contributed by atoms with Crippen molar-refractivity contribution in [3.63, 3.8) is 0 Å². The van der Waals surface area contributed by atoms with Crippen LogP contribution in [0.3, 0.4) is 0 Å². The molecule has 2 rings (SSSR count). The van der Waals surface area contributed by atoms with E-state index in [0.717, 1.165) is 42.2 Å². The van der Waals surface area contributed by atoms with Crippen LogP contribution in [0.25, 0.3) is 0 Å². The monoisotopic (exact) mass is 295 g/mol. The number of hydrogen-bond donors (Lipinski definition) is 0. The lowest BCUT2D eigenvalue weighted by Crippen LogP contribution is -2.16. The van der Waals surface area contributed by atoms with Crippen LogP contribution in [0.5, 0.6) is 5.75 Å². The molecule has 1 aromatic carbocycles. The molecule has 1 aromatic rings. The van der Waals surface area contributed by atoms with Gasteiger partial charge < -0.3 is 9.64 Å². The van der Waals surface area contributed by atoms with E-state index in [2.05, 4.69) is 68.0 Å². The first-order valence-corrected chi connectivity index (χ1v) is 7.85. The highest BCUT2D eigenvalue weighted by atomic mass is 16.5. The van der Waals surface area contributed by atoms with Crippen molar-refractivity contribution < 1.29 is 4.74 Å². The number of nitrogens with zero attached hydrogens (tertiary/aromatic N) is 1. The fourth-order valence-corrected chi connectivity index (χ4v) is 2.47. The first kappa shape index (κ1) is 16.2. The number of anilines is 1. The van der Waals surface area contributed by atoms with Gasteiger partial charge in [-0.05, 0) is 42.7 Å². The third-order valence-corrected chi connectivity index (χ3v) is 3.79. The van der Waals surface area contributed by atoms with E-state index in [9.17, 15) is 0 Å². The Kier molecular flexibility index (Phi) is 5.65. The summed E-state index contributed by atoms with van der Waals surface area (Å²) >= 11 is 0. The summed E-state index contributed by atoms with van der Waals surface area (Å²) < 4.78 is 5.57. The molecule has 0 N–H and O–H groups in total. The van der Waals surface area contributed by atoms with Gasteiger partial charge in [0.1, 0.15) is 5.75 Å². The molecule has 116 valence electrons. The first-order valence-electron chi connectivity index (χ1n) is 7.85. The van der Waals surface area contributed by atoms with E-state index in [-0.39, 0.29) is 0 Å². The standard InChI is InChI=1S/C20H25NO/c1-5-7-8-10-17(9-6-2)16(3)21(4)19-11-12-20-18(15-19)13-14-22-20/h6-12,15H,3,5,13-14H2,1-2,4H3/b8-7-,9-6+,17-10+. The maximum atomic E-state index is 5.57. The van der Waals surface area contributed by atoms with Gasteiger partial charge in [-0.15, -0.1) is 0 Å². The van der Waals surface area contributed by atoms with Crippen LogP contribution in [0, 0.1) is 0 Å². The molecule has 0 fully saturated rings. The summed E-state index contributed by atoms with van der Waals surface area (Å²) in [4.78, 5) is 2.13. The van der Waals surface area contributed by atoms with Crippen molar-refractivity contribution in [2.75, 3.05) is 18.6 Å². The third kappa shape index (κ3) is 3.70. The second kappa shape index (κ2) is 7.69. The fourth-order valence-electron chi connectivity index (χ4n) is 2.47. The van der Waals surface area contributed by atoms with Gasteiger partial charge in [0.05, 0.1) is 6.61 Å². The predicted molar refractivity (Wildman–Crippen MR) is 95.5 cm³/mol. The topological polar surface area (TPSA) is 12.5 Å². The molecule has 2 nitrogen and oxygen atoms in total. The smallest absolute Gasteiger partial charge is 0.122 e. The molecule has 1 heterocycles. The lowest BCUT2D eigenvalue weighted by atomic mass is 10.1. The zero-order valence-corrected chi connectivity index (χ0v) is 13.8. The third-order valence-electron chi connectivity index (χ3n) is 3.79. The van der Waals surface area contributed by atoms with E-state index in [0.29, 0.717) is 0 Å². The van der Waals surface area contributed by atoms with E-state index in [1.807, 2.05) is 13.0 Å². The molecular formula is C20H25NO. The molecule has 0 radical (unpaired) electrons. The summed E-state index contributed by atoms with van der Waals surface area (Å²) in [5.41, 5.74) is 4.52. The molecule has 0 aromatic heterocycles. The molecule has 0 bridgehead atoms. The average Bonchev–Trinajstić information content (AvgIpc) is 3.00. The Morgan fingerprint density at radius 1 is 1.41 bits per heavy atom. The molecule has 0 aliphatic carbocycles. The largest absolute Gasteiger partial charge is 0.493 e. The molecule has 0 spiro atoms. The summed E-state index contributed by atoms with van der Waals surface area (Å²) in [6, 6.07) is 6.34. The molecule has 1 aliphatic rings. The lowest BCUT2D eigenvalue weighted by molar-refractivity contribution is 0.357. The van der Waals surface area contributed by atoms with Gasteiger partial charge in [-0.25, -0.2) is 0 Å². The van der Waals surface area contributed by atoms with Gasteiger partial charge >= 0.3 is 0 Å². The number of allylic oxidation sites excluding steroid dienone is 5. The van der Waals surface area contributed by atoms with Crippen LogP contribution in [0.2, 0.25) is 0 Å². The highest BCUT2D eigenvalue weighted by Crippen LogP contribution is 2.31. The zero-order valence-electron chi connectivity index (χ0n) is 13.8. The van der Waals surface area contributed by atoms with E-state index in [1.54, 1.807) is 0 Å². The molecular weight excluding hydrogens is 270 g/mol. The fraction of sp³-hybridized carbons (Fsp3) is 0.300. The number of rotatable bonds is 6. The van der Waals surface area contributed by atoms with Crippen LogP contribution in [-0.4, -0.2) is 13.7 Å². The van der Waals surface area contributed by atoms with Gasteiger partial charge in [0.25, 0.3) is 0 Å². The first-order chi connectivity index (χ1) is 10.7. The van der Waals surface area contributed by atoms with Crippen LogP contribution in [0.1, 0.15) is 25.8 Å². The second-order valence-electron chi connectivity index (χ2n) is 5.35. The summed E-state index contributed by atoms with van der Waals surface area (Å²) in [7, 11) is 2.06. The van der Waals surface area contributed by atoms with Gasteiger partial charge in [0, 0.05) is 24.9 Å². The number of fused-ring (bicyclic) bond motifs is 1. The van der Waals surface area contributed by atoms with E-state index >= 15 is 0 Å². The maximum Gasteiger partial charge on any atom is 0.122 e. The maximum absolute atomic E-state index is 5.57. The number of ether oxygens (including phenoxy) is 1. The summed E-state index contributed by atoms with van der Waals surface area (Å²) in [5, 5.41) is 0. The van der Waals surface area contributed by atoms with Gasteiger partial charge in [-0.3, -0.25) is 0 Å². The summed E-state index contributed by atoms with van der Waals surface area (Å²) in [6.45, 7) is 9.21. The van der Waals surface area contributed by atoms with Crippen molar-refractivity contribution in [2.45, 2.75) is 26.7 Å². The highest BCUT2D eigenvalue weighted by molar-refractivity contribution is 5.61. The van der Waals surface area contributed by atoms with Crippen molar-refractivity contribution in [3.8, 4) is 5.75 Å². The van der Waals surface area contributed by atoms with Gasteiger partial charge in [-0.2, -0.15) is 0 Å². The predicted octanol–water partition coefficient (Wildman–Crippen LogP) is 5.04. The lowest BCUT2D eigenvalue weighted by Gasteiger charge is -2.23. The molecule has 22 heavy (non-hydrogen) atoms. The highest BCUT2D eigenvalue weighted by Gasteiger charge is 2.15. The Morgan fingerprint density at radius 2 is 2.23 bits per heavy atom. The number of benzene rings is 1. The van der Waals surface area contributed by atoms with Gasteiger partial charge in [0.2, 0.25) is 0 Å². The van der Waals surface area contributed by atoms with Crippen LogP contribution in [0.15, 0.2) is 66.4 Å². The van der Waals surface area contributed by atoms with Crippen LogP contribution >= 0.6 is 0 Å². The van der Waals surface area contributed by atoms with E-state index in [1.165, 1.54) is 5.56 Å². The number of hydrogen-bond acceptors (Lipinski definition) is 2. The minimum absolute atomic E-state index is 0.787. The Morgan fingerprint density at radius 3 is 2.95 bits per heavy atom. The minimum atomic E-state index is 0.787. The van der Waals surface area contributed by atoms with Crippen molar-refractivity contribution >= 4 is 5.69 Å². The summed E-state index contributed by atoms with van der Waals surface area (Å²) in [5.74, 6) is 1.01. The van der Waals surface area contributed by atoms with Crippen molar-refractivity contribution in [1.29, 1.82) is 0 Å². The molecule has 0 saturated carbocycles. The SMILES string of the molecule is C=C(C(/C=C/C)=C/C=C\CC)N(C)c1ccc2c(c1)CCO2. The molecule has 1 aliphatic heterocycles.